The van der Waals surface area contributed by atoms with Crippen molar-refractivity contribution in [3.05, 3.63) is 48.5 Å². The minimum absolute atomic E-state index is 0.0134. The molecule has 0 radical (unpaired) electrons. The molecule has 152 valence electrons. The van der Waals surface area contributed by atoms with Crippen molar-refractivity contribution in [1.82, 2.24) is 4.57 Å². The number of methoxy groups -OCH3 is 1. The maximum absolute atomic E-state index is 12.1. The number of aromatic hydroxyl groups is 1. The van der Waals surface area contributed by atoms with Gasteiger partial charge in [0, 0.05) is 11.9 Å². The van der Waals surface area contributed by atoms with Crippen molar-refractivity contribution < 1.29 is 19.4 Å². The Morgan fingerprint density at radius 3 is 2.48 bits per heavy atom. The van der Waals surface area contributed by atoms with Crippen molar-refractivity contribution in [1.29, 1.82) is 0 Å². The lowest BCUT2D eigenvalue weighted by molar-refractivity contribution is -0.120. The van der Waals surface area contributed by atoms with Crippen molar-refractivity contribution in [3.63, 3.8) is 0 Å². The zero-order valence-electron chi connectivity index (χ0n) is 16.8. The second kappa shape index (κ2) is 9.23. The smallest absolute Gasteiger partial charge is 0.302 e. The molecule has 0 spiro atoms. The maximum atomic E-state index is 12.1. The fraction of sp³-hybridized carbons (Fsp3) is 0.318. The third kappa shape index (κ3) is 4.93. The van der Waals surface area contributed by atoms with Crippen LogP contribution in [-0.2, 0) is 11.3 Å². The largest absolute Gasteiger partial charge is 0.497 e. The second-order valence-electron chi connectivity index (χ2n) is 7.08. The molecule has 1 aromatic heterocycles. The van der Waals surface area contributed by atoms with Gasteiger partial charge in [0.2, 0.25) is 5.88 Å². The van der Waals surface area contributed by atoms with E-state index in [1.54, 1.807) is 31.4 Å². The highest BCUT2D eigenvalue weighted by Crippen LogP contribution is 2.39. The molecule has 1 N–H and O–H groups in total. The molecule has 0 aliphatic rings. The van der Waals surface area contributed by atoms with Crippen LogP contribution in [0.5, 0.6) is 17.4 Å². The highest BCUT2D eigenvalue weighted by molar-refractivity contribution is 5.95. The Balaban J connectivity index is 1.73. The third-order valence-corrected chi connectivity index (χ3v) is 4.53. The molecule has 3 aromatic rings. The number of rotatable bonds is 8. The van der Waals surface area contributed by atoms with Crippen LogP contribution in [-0.4, -0.2) is 29.3 Å². The van der Waals surface area contributed by atoms with Gasteiger partial charge >= 0.3 is 5.91 Å². The van der Waals surface area contributed by atoms with Crippen molar-refractivity contribution in [2.75, 3.05) is 13.7 Å². The number of azo groups is 1. The molecule has 0 fully saturated rings. The second-order valence-corrected chi connectivity index (χ2v) is 7.08. The summed E-state index contributed by atoms with van der Waals surface area (Å²) in [7, 11) is 1.58. The Morgan fingerprint density at radius 2 is 1.79 bits per heavy atom. The van der Waals surface area contributed by atoms with Gasteiger partial charge in [-0.25, -0.2) is 0 Å². The molecule has 0 unspecified atom stereocenters. The average molecular weight is 395 g/mol. The number of para-hydroxylation sites is 1. The number of aryl methyl sites for hydroxylation is 1. The topological polar surface area (TPSA) is 85.4 Å². The van der Waals surface area contributed by atoms with Crippen molar-refractivity contribution in [2.45, 2.75) is 26.8 Å². The van der Waals surface area contributed by atoms with E-state index in [-0.39, 0.29) is 12.5 Å². The van der Waals surface area contributed by atoms with Crippen LogP contribution < -0.4 is 9.47 Å². The molecule has 0 saturated carbocycles. The normalized spacial score (nSPS) is 11.4. The van der Waals surface area contributed by atoms with Gasteiger partial charge in [0.25, 0.3) is 0 Å². The van der Waals surface area contributed by atoms with Gasteiger partial charge in [-0.2, -0.15) is 0 Å². The minimum Gasteiger partial charge on any atom is -0.497 e. The first-order valence-corrected chi connectivity index (χ1v) is 9.51. The number of carbonyl (C=O) groups excluding carboxylic acids is 1. The Bertz CT molecular complexity index is 1010. The van der Waals surface area contributed by atoms with E-state index in [9.17, 15) is 9.90 Å². The number of carbonyl (C=O) groups is 1. The summed E-state index contributed by atoms with van der Waals surface area (Å²) in [6.07, 6.45) is 0.914. The molecule has 7 nitrogen and oxygen atoms in total. The standard InChI is InChI=1S/C22H25N3O4/c1-15(2)12-13-25-19-7-5-4-6-18(19)21(22(25)27)24-23-20(26)14-29-17-10-8-16(28-3)9-11-17/h4-11,15,27H,12-14H2,1-3H3. The van der Waals surface area contributed by atoms with E-state index >= 15 is 0 Å². The van der Waals surface area contributed by atoms with Gasteiger partial charge in [-0.15, -0.1) is 10.2 Å². The highest BCUT2D eigenvalue weighted by atomic mass is 16.5. The fourth-order valence-corrected chi connectivity index (χ4v) is 2.94. The maximum Gasteiger partial charge on any atom is 0.302 e. The molecule has 7 heteroatoms. The van der Waals surface area contributed by atoms with E-state index < -0.39 is 5.91 Å². The summed E-state index contributed by atoms with van der Waals surface area (Å²) >= 11 is 0. The van der Waals surface area contributed by atoms with Gasteiger partial charge in [-0.1, -0.05) is 32.0 Å². The van der Waals surface area contributed by atoms with Crippen LogP contribution in [0.1, 0.15) is 20.3 Å². The molecule has 2 aromatic carbocycles. The number of benzene rings is 2. The number of amides is 1. The predicted molar refractivity (Wildman–Crippen MR) is 111 cm³/mol. The highest BCUT2D eigenvalue weighted by Gasteiger charge is 2.17. The SMILES string of the molecule is COc1ccc(OCC(=O)N=Nc2c(O)n(CCC(C)C)c3ccccc23)cc1. The molecule has 0 saturated heterocycles. The Hall–Kier alpha value is -3.35. The first-order chi connectivity index (χ1) is 14.0. The molecule has 0 bridgehead atoms. The Labute approximate surface area is 169 Å². The minimum atomic E-state index is -0.542. The molecule has 3 rings (SSSR count). The summed E-state index contributed by atoms with van der Waals surface area (Å²) in [5, 5.41) is 19.2. The predicted octanol–water partition coefficient (Wildman–Crippen LogP) is 5.09. The Morgan fingerprint density at radius 1 is 1.10 bits per heavy atom. The van der Waals surface area contributed by atoms with Gasteiger partial charge in [0.05, 0.1) is 12.6 Å². The molecule has 1 amide bonds. The molecule has 1 heterocycles. The number of hydrogen-bond acceptors (Lipinski definition) is 5. The number of aromatic nitrogens is 1. The summed E-state index contributed by atoms with van der Waals surface area (Å²) in [6, 6.07) is 14.4. The average Bonchev–Trinajstić information content (AvgIpc) is 3.00. The van der Waals surface area contributed by atoms with Crippen molar-refractivity contribution in [3.8, 4) is 17.4 Å². The van der Waals surface area contributed by atoms with Gasteiger partial charge in [-0.3, -0.25) is 4.79 Å². The number of nitrogens with zero attached hydrogens (tertiary/aromatic N) is 3. The fourth-order valence-electron chi connectivity index (χ4n) is 2.94. The molecular formula is C22H25N3O4. The molecule has 0 aliphatic carbocycles. The number of fused-ring (bicyclic) bond motifs is 1. The summed E-state index contributed by atoms with van der Waals surface area (Å²) in [4.78, 5) is 12.1. The molecule has 29 heavy (non-hydrogen) atoms. The van der Waals surface area contributed by atoms with E-state index in [2.05, 4.69) is 24.1 Å². The molecule has 0 aliphatic heterocycles. The summed E-state index contributed by atoms with van der Waals surface area (Å²) in [6.45, 7) is 4.67. The number of hydrogen-bond donors (Lipinski definition) is 1. The van der Waals surface area contributed by atoms with E-state index in [0.717, 1.165) is 17.3 Å². The van der Waals surface area contributed by atoms with Crippen LogP contribution in [0.2, 0.25) is 0 Å². The first-order valence-electron chi connectivity index (χ1n) is 9.51. The van der Waals surface area contributed by atoms with Crippen LogP contribution >= 0.6 is 0 Å². The number of ether oxygens (including phenoxy) is 2. The first kappa shape index (κ1) is 20.4. The Kier molecular flexibility index (Phi) is 6.49. The van der Waals surface area contributed by atoms with Crippen LogP contribution in [0.4, 0.5) is 5.69 Å². The third-order valence-electron chi connectivity index (χ3n) is 4.53. The van der Waals surface area contributed by atoms with Gasteiger partial charge in [0.1, 0.15) is 11.5 Å². The van der Waals surface area contributed by atoms with Gasteiger partial charge < -0.3 is 19.1 Å². The summed E-state index contributed by atoms with van der Waals surface area (Å²) in [5.41, 5.74) is 1.16. The van der Waals surface area contributed by atoms with E-state index in [1.165, 1.54) is 0 Å². The molecule has 0 atom stereocenters. The molecular weight excluding hydrogens is 370 g/mol. The lowest BCUT2D eigenvalue weighted by Crippen LogP contribution is -2.07. The zero-order valence-corrected chi connectivity index (χ0v) is 16.8. The van der Waals surface area contributed by atoms with E-state index in [1.807, 2.05) is 28.8 Å². The lowest BCUT2D eigenvalue weighted by Gasteiger charge is -2.08. The monoisotopic (exact) mass is 395 g/mol. The lowest BCUT2D eigenvalue weighted by atomic mass is 10.1. The summed E-state index contributed by atoms with van der Waals surface area (Å²) < 4.78 is 12.3. The van der Waals surface area contributed by atoms with Crippen LogP contribution in [0.25, 0.3) is 10.9 Å². The zero-order chi connectivity index (χ0) is 20.8. The van der Waals surface area contributed by atoms with Gasteiger partial charge in [-0.05, 0) is 42.7 Å². The van der Waals surface area contributed by atoms with Crippen LogP contribution in [0.3, 0.4) is 0 Å². The van der Waals surface area contributed by atoms with Gasteiger partial charge in [0.15, 0.2) is 12.3 Å². The summed E-state index contributed by atoms with van der Waals surface area (Å²) in [5.74, 6) is 1.20. The van der Waals surface area contributed by atoms with E-state index in [0.29, 0.717) is 29.6 Å². The quantitative estimate of drug-likeness (QED) is 0.538. The van der Waals surface area contributed by atoms with Crippen LogP contribution in [0, 0.1) is 5.92 Å². The van der Waals surface area contributed by atoms with Crippen molar-refractivity contribution in [2.24, 2.45) is 16.1 Å². The van der Waals surface area contributed by atoms with Crippen LogP contribution in [0.15, 0.2) is 58.8 Å². The van der Waals surface area contributed by atoms with E-state index in [4.69, 9.17) is 9.47 Å². The van der Waals surface area contributed by atoms with Crippen molar-refractivity contribution >= 4 is 22.5 Å².